The maximum atomic E-state index is 12.5. The first kappa shape index (κ1) is 16.6. The molecule has 0 spiro atoms. The molecule has 0 atom stereocenters. The fourth-order valence-corrected chi connectivity index (χ4v) is 3.60. The quantitative estimate of drug-likeness (QED) is 0.740. The van der Waals surface area contributed by atoms with Crippen LogP contribution in [0.4, 0.5) is 0 Å². The van der Waals surface area contributed by atoms with Gasteiger partial charge >= 0.3 is 0 Å². The van der Waals surface area contributed by atoms with Gasteiger partial charge in [-0.1, -0.05) is 6.07 Å². The molecule has 7 nitrogen and oxygen atoms in total. The Morgan fingerprint density at radius 3 is 2.62 bits per heavy atom. The number of sulfonamides is 1. The normalized spacial score (nSPS) is 13.5. The second-order valence-electron chi connectivity index (χ2n) is 5.69. The zero-order valence-corrected chi connectivity index (χ0v) is 14.5. The van der Waals surface area contributed by atoms with E-state index < -0.39 is 10.0 Å². The molecule has 26 heavy (non-hydrogen) atoms. The van der Waals surface area contributed by atoms with Gasteiger partial charge in [-0.15, -0.1) is 0 Å². The van der Waals surface area contributed by atoms with Gasteiger partial charge in [-0.2, -0.15) is 0 Å². The molecule has 3 heterocycles. The lowest BCUT2D eigenvalue weighted by atomic mass is 10.2. The van der Waals surface area contributed by atoms with Gasteiger partial charge < -0.3 is 13.9 Å². The number of furan rings is 1. The molecule has 0 amide bonds. The van der Waals surface area contributed by atoms with Crippen molar-refractivity contribution in [3.05, 3.63) is 60.7 Å². The summed E-state index contributed by atoms with van der Waals surface area (Å²) in [6.07, 6.45) is 4.81. The minimum Gasteiger partial charge on any atom is -0.486 e. The molecule has 1 aliphatic heterocycles. The van der Waals surface area contributed by atoms with E-state index in [0.29, 0.717) is 24.7 Å². The van der Waals surface area contributed by atoms with E-state index >= 15 is 0 Å². The van der Waals surface area contributed by atoms with Gasteiger partial charge in [-0.05, 0) is 29.8 Å². The molecule has 0 saturated carbocycles. The van der Waals surface area contributed by atoms with Crippen molar-refractivity contribution in [2.75, 3.05) is 13.2 Å². The van der Waals surface area contributed by atoms with Gasteiger partial charge in [0.2, 0.25) is 10.0 Å². The molecule has 8 heteroatoms. The Morgan fingerprint density at radius 2 is 1.88 bits per heavy atom. The molecule has 4 rings (SSSR count). The van der Waals surface area contributed by atoms with Crippen LogP contribution in [0.15, 0.2) is 64.4 Å². The summed E-state index contributed by atoms with van der Waals surface area (Å²) in [5, 5.41) is 0. The Balaban J connectivity index is 1.46. The molecule has 0 radical (unpaired) electrons. The summed E-state index contributed by atoms with van der Waals surface area (Å²) < 4.78 is 43.5. The smallest absolute Gasteiger partial charge is 0.241 e. The minimum absolute atomic E-state index is 0.129. The van der Waals surface area contributed by atoms with Crippen LogP contribution in [0.5, 0.6) is 11.5 Å². The van der Waals surface area contributed by atoms with E-state index in [1.807, 2.05) is 18.2 Å². The molecule has 0 unspecified atom stereocenters. The van der Waals surface area contributed by atoms with Crippen molar-refractivity contribution in [2.24, 2.45) is 0 Å². The number of rotatable bonds is 5. The minimum atomic E-state index is -3.67. The van der Waals surface area contributed by atoms with Crippen LogP contribution in [0.1, 0.15) is 5.56 Å². The Morgan fingerprint density at radius 1 is 1.04 bits per heavy atom. The molecular formula is C18H16N2O5S. The van der Waals surface area contributed by atoms with Crippen LogP contribution in [0, 0.1) is 0 Å². The molecule has 134 valence electrons. The second-order valence-corrected chi connectivity index (χ2v) is 7.46. The van der Waals surface area contributed by atoms with Crippen LogP contribution in [0.3, 0.4) is 0 Å². The third-order valence-corrected chi connectivity index (χ3v) is 5.33. The Bertz CT molecular complexity index is 999. The summed E-state index contributed by atoms with van der Waals surface area (Å²) in [6.45, 7) is 0.993. The SMILES string of the molecule is O=S(=O)(NCc1ccc(-c2ccoc2)nc1)c1ccc2c(c1)OCCO2. The largest absolute Gasteiger partial charge is 0.486 e. The van der Waals surface area contributed by atoms with Gasteiger partial charge in [0.15, 0.2) is 11.5 Å². The molecule has 0 bridgehead atoms. The van der Waals surface area contributed by atoms with Gasteiger partial charge in [0.1, 0.15) is 13.2 Å². The molecule has 3 aromatic rings. The van der Waals surface area contributed by atoms with Crippen molar-refractivity contribution in [3.63, 3.8) is 0 Å². The fourth-order valence-electron chi connectivity index (χ4n) is 2.56. The van der Waals surface area contributed by atoms with Gasteiger partial charge in [-0.25, -0.2) is 13.1 Å². The van der Waals surface area contributed by atoms with Crippen molar-refractivity contribution in [1.29, 1.82) is 0 Å². The predicted octanol–water partition coefficient (Wildman–Crippen LogP) is 2.59. The molecule has 1 aromatic carbocycles. The number of pyridine rings is 1. The first-order valence-electron chi connectivity index (χ1n) is 7.99. The number of aromatic nitrogens is 1. The van der Waals surface area contributed by atoms with Crippen molar-refractivity contribution >= 4 is 10.0 Å². The highest BCUT2D eigenvalue weighted by Gasteiger charge is 2.19. The maximum absolute atomic E-state index is 12.5. The first-order chi connectivity index (χ1) is 12.6. The Labute approximate surface area is 150 Å². The molecular weight excluding hydrogens is 356 g/mol. The summed E-state index contributed by atoms with van der Waals surface area (Å²) in [5.74, 6) is 0.986. The van der Waals surface area contributed by atoms with E-state index in [9.17, 15) is 8.42 Å². The van der Waals surface area contributed by atoms with E-state index in [0.717, 1.165) is 16.8 Å². The van der Waals surface area contributed by atoms with Crippen LogP contribution < -0.4 is 14.2 Å². The maximum Gasteiger partial charge on any atom is 0.241 e. The Kier molecular flexibility index (Phi) is 4.36. The van der Waals surface area contributed by atoms with Crippen molar-refractivity contribution < 1.29 is 22.3 Å². The van der Waals surface area contributed by atoms with Gasteiger partial charge in [0, 0.05) is 24.4 Å². The predicted molar refractivity (Wildman–Crippen MR) is 93.4 cm³/mol. The van der Waals surface area contributed by atoms with E-state index in [1.54, 1.807) is 24.8 Å². The van der Waals surface area contributed by atoms with E-state index in [2.05, 4.69) is 9.71 Å². The number of benzene rings is 1. The van der Waals surface area contributed by atoms with E-state index in [1.165, 1.54) is 12.1 Å². The number of nitrogens with zero attached hydrogens (tertiary/aromatic N) is 1. The topological polar surface area (TPSA) is 90.7 Å². The average Bonchev–Trinajstić information content (AvgIpc) is 3.21. The molecule has 0 fully saturated rings. The van der Waals surface area contributed by atoms with Gasteiger partial charge in [-0.3, -0.25) is 4.98 Å². The van der Waals surface area contributed by atoms with E-state index in [4.69, 9.17) is 13.9 Å². The number of hydrogen-bond donors (Lipinski definition) is 1. The highest BCUT2D eigenvalue weighted by atomic mass is 32.2. The first-order valence-corrected chi connectivity index (χ1v) is 9.47. The monoisotopic (exact) mass is 372 g/mol. The third kappa shape index (κ3) is 3.42. The number of hydrogen-bond acceptors (Lipinski definition) is 6. The summed E-state index contributed by atoms with van der Waals surface area (Å²) in [4.78, 5) is 4.45. The second kappa shape index (κ2) is 6.81. The summed E-state index contributed by atoms with van der Waals surface area (Å²) >= 11 is 0. The van der Waals surface area contributed by atoms with Crippen LogP contribution in [0.2, 0.25) is 0 Å². The van der Waals surface area contributed by atoms with Crippen LogP contribution in [0.25, 0.3) is 11.3 Å². The molecule has 0 saturated heterocycles. The highest BCUT2D eigenvalue weighted by molar-refractivity contribution is 7.89. The lowest BCUT2D eigenvalue weighted by Crippen LogP contribution is -2.24. The number of nitrogens with one attached hydrogen (secondary N) is 1. The highest BCUT2D eigenvalue weighted by Crippen LogP contribution is 2.32. The summed E-state index contributed by atoms with van der Waals surface area (Å²) in [5.41, 5.74) is 2.38. The Hall–Kier alpha value is -2.84. The summed E-state index contributed by atoms with van der Waals surface area (Å²) in [6, 6.07) is 10.0. The van der Waals surface area contributed by atoms with Crippen LogP contribution >= 0.6 is 0 Å². The van der Waals surface area contributed by atoms with Gasteiger partial charge in [0.05, 0.1) is 23.1 Å². The van der Waals surface area contributed by atoms with Gasteiger partial charge in [0.25, 0.3) is 0 Å². The van der Waals surface area contributed by atoms with Crippen molar-refractivity contribution in [2.45, 2.75) is 11.4 Å². The van der Waals surface area contributed by atoms with Crippen molar-refractivity contribution in [3.8, 4) is 22.8 Å². The average molecular weight is 372 g/mol. The lowest BCUT2D eigenvalue weighted by Gasteiger charge is -2.18. The van der Waals surface area contributed by atoms with Crippen molar-refractivity contribution in [1.82, 2.24) is 9.71 Å². The molecule has 0 aliphatic carbocycles. The number of fused-ring (bicyclic) bond motifs is 1. The zero-order valence-electron chi connectivity index (χ0n) is 13.7. The molecule has 1 aliphatic rings. The van der Waals surface area contributed by atoms with Crippen LogP contribution in [-0.2, 0) is 16.6 Å². The summed E-state index contributed by atoms with van der Waals surface area (Å²) in [7, 11) is -3.67. The number of ether oxygens (including phenoxy) is 2. The van der Waals surface area contributed by atoms with E-state index in [-0.39, 0.29) is 11.4 Å². The standard InChI is InChI=1S/C18H16N2O5S/c21-26(22,15-2-4-17-18(9-15)25-8-7-24-17)20-11-13-1-3-16(19-10-13)14-5-6-23-12-14/h1-6,9-10,12,20H,7-8,11H2. The fraction of sp³-hybridized carbons (Fsp3) is 0.167. The molecule has 2 aromatic heterocycles. The lowest BCUT2D eigenvalue weighted by molar-refractivity contribution is 0.171. The third-order valence-electron chi connectivity index (χ3n) is 3.93. The zero-order chi connectivity index (χ0) is 18.0. The van der Waals surface area contributed by atoms with Crippen LogP contribution in [-0.4, -0.2) is 26.6 Å². The molecule has 1 N–H and O–H groups in total.